The van der Waals surface area contributed by atoms with Gasteiger partial charge in [-0.15, -0.1) is 11.6 Å². The summed E-state index contributed by atoms with van der Waals surface area (Å²) in [7, 11) is 0. The summed E-state index contributed by atoms with van der Waals surface area (Å²) in [6, 6.07) is 14.0. The van der Waals surface area contributed by atoms with Crippen LogP contribution >= 0.6 is 35.0 Å². The van der Waals surface area contributed by atoms with Crippen LogP contribution in [0.25, 0.3) is 0 Å². The Morgan fingerprint density at radius 2 is 1.75 bits per heavy atom. The van der Waals surface area contributed by atoms with Crippen LogP contribution in [0, 0.1) is 0 Å². The average molecular weight is 499 g/mol. The second-order valence-corrected chi connectivity index (χ2v) is 10.6. The third-order valence-corrected chi connectivity index (χ3v) is 7.29. The van der Waals surface area contributed by atoms with E-state index in [0.29, 0.717) is 36.4 Å². The van der Waals surface area contributed by atoms with E-state index in [9.17, 15) is 5.11 Å². The highest BCUT2D eigenvalue weighted by Gasteiger charge is 2.24. The van der Waals surface area contributed by atoms with Crippen molar-refractivity contribution in [2.75, 3.05) is 50.2 Å². The van der Waals surface area contributed by atoms with E-state index >= 15 is 0 Å². The second kappa shape index (κ2) is 12.4. The van der Waals surface area contributed by atoms with Gasteiger partial charge >= 0.3 is 0 Å². The van der Waals surface area contributed by atoms with Crippen LogP contribution in [0.3, 0.4) is 0 Å². The molecule has 1 aliphatic rings. The van der Waals surface area contributed by atoms with E-state index in [4.69, 9.17) is 32.7 Å². The standard InChI is InChI=1S/C25H33Cl2NO3S/c1-25(2,20-6-9-24(23(27)16-20)30-13-3-10-26)19-4-7-22(8-5-19)31-18-21(29)17-28-11-14-32-15-12-28/h4-9,16,21,29H,3,10-15,17-18H2,1-2H3/t21-/m1/s1. The Hall–Kier alpha value is -1.11. The average Bonchev–Trinajstić information content (AvgIpc) is 2.80. The van der Waals surface area contributed by atoms with Crippen molar-refractivity contribution in [2.45, 2.75) is 31.8 Å². The number of rotatable bonds is 11. The number of hydrogen-bond donors (Lipinski definition) is 1. The molecule has 1 fully saturated rings. The monoisotopic (exact) mass is 497 g/mol. The van der Waals surface area contributed by atoms with Crippen LogP contribution in [0.5, 0.6) is 11.5 Å². The van der Waals surface area contributed by atoms with Gasteiger partial charge in [-0.25, -0.2) is 0 Å². The highest BCUT2D eigenvalue weighted by molar-refractivity contribution is 7.99. The third-order valence-electron chi connectivity index (χ3n) is 5.78. The first-order chi connectivity index (χ1) is 15.4. The molecule has 32 heavy (non-hydrogen) atoms. The summed E-state index contributed by atoms with van der Waals surface area (Å²) in [6.45, 7) is 7.93. The molecule has 1 heterocycles. The first-order valence-electron chi connectivity index (χ1n) is 11.1. The molecule has 1 N–H and O–H groups in total. The first-order valence-corrected chi connectivity index (χ1v) is 13.2. The van der Waals surface area contributed by atoms with E-state index in [-0.39, 0.29) is 5.41 Å². The van der Waals surface area contributed by atoms with Gasteiger partial charge in [0.1, 0.15) is 24.2 Å². The molecule has 0 radical (unpaired) electrons. The molecule has 1 saturated heterocycles. The summed E-state index contributed by atoms with van der Waals surface area (Å²) in [6.07, 6.45) is 0.301. The van der Waals surface area contributed by atoms with Crippen LogP contribution in [0.2, 0.25) is 5.02 Å². The number of alkyl halides is 1. The summed E-state index contributed by atoms with van der Waals surface area (Å²) >= 11 is 14.1. The van der Waals surface area contributed by atoms with Crippen LogP contribution in [-0.4, -0.2) is 66.3 Å². The maximum Gasteiger partial charge on any atom is 0.137 e. The second-order valence-electron chi connectivity index (χ2n) is 8.56. The van der Waals surface area contributed by atoms with E-state index in [2.05, 4.69) is 36.9 Å². The van der Waals surface area contributed by atoms with Gasteiger partial charge in [0, 0.05) is 42.4 Å². The highest BCUT2D eigenvalue weighted by atomic mass is 35.5. The lowest BCUT2D eigenvalue weighted by Gasteiger charge is -2.28. The number of benzene rings is 2. The van der Waals surface area contributed by atoms with Gasteiger partial charge in [-0.3, -0.25) is 4.90 Å². The molecule has 0 unspecified atom stereocenters. The summed E-state index contributed by atoms with van der Waals surface area (Å²) in [5, 5.41) is 10.9. The van der Waals surface area contributed by atoms with E-state index in [1.807, 2.05) is 36.0 Å². The van der Waals surface area contributed by atoms with Gasteiger partial charge < -0.3 is 14.6 Å². The maximum atomic E-state index is 10.3. The minimum Gasteiger partial charge on any atom is -0.492 e. The maximum absolute atomic E-state index is 10.3. The number of β-amino-alcohol motifs (C(OH)–C–C–N with tert-alkyl or cyclic N) is 1. The largest absolute Gasteiger partial charge is 0.492 e. The first kappa shape index (κ1) is 25.5. The van der Waals surface area contributed by atoms with Gasteiger partial charge in [-0.05, 0) is 41.8 Å². The summed E-state index contributed by atoms with van der Waals surface area (Å²) in [5.41, 5.74) is 2.03. The summed E-state index contributed by atoms with van der Waals surface area (Å²) in [4.78, 5) is 2.30. The normalized spacial score (nSPS) is 16.0. The van der Waals surface area contributed by atoms with Crippen LogP contribution in [0.1, 0.15) is 31.4 Å². The number of aliphatic hydroxyl groups excluding tert-OH is 1. The molecule has 0 aromatic heterocycles. The highest BCUT2D eigenvalue weighted by Crippen LogP contribution is 2.36. The minimum atomic E-state index is -0.485. The number of hydrogen-bond acceptors (Lipinski definition) is 5. The fraction of sp³-hybridized carbons (Fsp3) is 0.520. The molecular formula is C25H33Cl2NO3S. The lowest BCUT2D eigenvalue weighted by atomic mass is 9.78. The molecule has 0 amide bonds. The summed E-state index contributed by atoms with van der Waals surface area (Å²) < 4.78 is 11.5. The van der Waals surface area contributed by atoms with Crippen molar-refractivity contribution in [2.24, 2.45) is 0 Å². The summed E-state index contributed by atoms with van der Waals surface area (Å²) in [5.74, 6) is 4.29. The number of halogens is 2. The van der Waals surface area contributed by atoms with Crippen molar-refractivity contribution in [3.63, 3.8) is 0 Å². The SMILES string of the molecule is CC(C)(c1ccc(OC[C@H](O)CN2CCSCC2)cc1)c1ccc(OCCCCl)c(Cl)c1. The molecule has 176 valence electrons. The van der Waals surface area contributed by atoms with Crippen molar-refractivity contribution in [3.05, 3.63) is 58.6 Å². The van der Waals surface area contributed by atoms with Gasteiger partial charge in [-0.2, -0.15) is 11.8 Å². The van der Waals surface area contributed by atoms with Crippen molar-refractivity contribution >= 4 is 35.0 Å². The molecule has 1 aliphatic heterocycles. The number of nitrogens with zero attached hydrogens (tertiary/aromatic N) is 1. The minimum absolute atomic E-state index is 0.234. The number of ether oxygens (including phenoxy) is 2. The van der Waals surface area contributed by atoms with Gasteiger partial charge in [0.25, 0.3) is 0 Å². The van der Waals surface area contributed by atoms with Gasteiger partial charge in [0.15, 0.2) is 0 Å². The molecular weight excluding hydrogens is 465 g/mol. The fourth-order valence-electron chi connectivity index (χ4n) is 3.70. The quantitative estimate of drug-likeness (QED) is 0.329. The van der Waals surface area contributed by atoms with Crippen molar-refractivity contribution < 1.29 is 14.6 Å². The molecule has 0 spiro atoms. The molecule has 0 aliphatic carbocycles. The molecule has 2 aromatic rings. The lowest BCUT2D eigenvalue weighted by molar-refractivity contribution is 0.0715. The van der Waals surface area contributed by atoms with Crippen LogP contribution in [0.15, 0.2) is 42.5 Å². The van der Waals surface area contributed by atoms with Crippen molar-refractivity contribution in [3.8, 4) is 11.5 Å². The van der Waals surface area contributed by atoms with E-state index in [1.165, 1.54) is 0 Å². The van der Waals surface area contributed by atoms with E-state index < -0.39 is 6.10 Å². The molecule has 0 bridgehead atoms. The van der Waals surface area contributed by atoms with Gasteiger partial charge in [0.05, 0.1) is 11.6 Å². The predicted octanol–water partition coefficient (Wildman–Crippen LogP) is 5.46. The Labute approximate surface area is 206 Å². The Morgan fingerprint density at radius 1 is 1.06 bits per heavy atom. The molecule has 2 aromatic carbocycles. The van der Waals surface area contributed by atoms with Crippen molar-refractivity contribution in [1.29, 1.82) is 0 Å². The molecule has 4 nitrogen and oxygen atoms in total. The predicted molar refractivity (Wildman–Crippen MR) is 136 cm³/mol. The van der Waals surface area contributed by atoms with Crippen LogP contribution in [-0.2, 0) is 5.41 Å². The Morgan fingerprint density at radius 3 is 2.41 bits per heavy atom. The molecule has 1 atom stereocenters. The van der Waals surface area contributed by atoms with Crippen LogP contribution < -0.4 is 9.47 Å². The zero-order valence-electron chi connectivity index (χ0n) is 18.9. The Balaban J connectivity index is 1.57. The zero-order chi connectivity index (χ0) is 23.0. The fourth-order valence-corrected chi connectivity index (χ4v) is 5.03. The van der Waals surface area contributed by atoms with Crippen molar-refractivity contribution in [1.82, 2.24) is 4.90 Å². The molecule has 0 saturated carbocycles. The number of aliphatic hydroxyl groups is 1. The Bertz CT molecular complexity index is 842. The topological polar surface area (TPSA) is 41.9 Å². The Kier molecular flexibility index (Phi) is 9.87. The van der Waals surface area contributed by atoms with E-state index in [0.717, 1.165) is 47.9 Å². The third kappa shape index (κ3) is 7.19. The number of thioether (sulfide) groups is 1. The van der Waals surface area contributed by atoms with Crippen LogP contribution in [0.4, 0.5) is 0 Å². The smallest absolute Gasteiger partial charge is 0.137 e. The lowest BCUT2D eigenvalue weighted by Crippen LogP contribution is -2.40. The molecule has 7 heteroatoms. The molecule has 3 rings (SSSR count). The zero-order valence-corrected chi connectivity index (χ0v) is 21.2. The van der Waals surface area contributed by atoms with Gasteiger partial charge in [0.2, 0.25) is 0 Å². The van der Waals surface area contributed by atoms with Gasteiger partial charge in [-0.1, -0.05) is 43.6 Å². The van der Waals surface area contributed by atoms with E-state index in [1.54, 1.807) is 0 Å².